The molecule has 1 aromatic heterocycles. The molecule has 0 aromatic carbocycles. The van der Waals surface area contributed by atoms with Crippen LogP contribution in [0.25, 0.3) is 6.20 Å². The van der Waals surface area contributed by atoms with E-state index in [0.29, 0.717) is 0 Å². The van der Waals surface area contributed by atoms with Gasteiger partial charge in [-0.25, -0.2) is 9.13 Å². The molecule has 0 saturated carbocycles. The summed E-state index contributed by atoms with van der Waals surface area (Å²) in [5, 5.41) is 14.8. The van der Waals surface area contributed by atoms with Crippen LogP contribution in [0.3, 0.4) is 0 Å². The molecule has 6 heteroatoms. The van der Waals surface area contributed by atoms with Crippen molar-refractivity contribution >= 4 is 6.20 Å². The van der Waals surface area contributed by atoms with Gasteiger partial charge in [0.15, 0.2) is 0 Å². The number of aryl methyl sites for hydroxylation is 1. The first-order chi connectivity index (χ1) is 7.10. The molecule has 0 N–H and O–H groups in total. The maximum Gasteiger partial charge on any atom is 0.248 e. The molecule has 0 unspecified atom stereocenters. The van der Waals surface area contributed by atoms with Crippen LogP contribution in [0.15, 0.2) is 25.3 Å². The highest BCUT2D eigenvalue weighted by Gasteiger charge is 1.97. The molecule has 0 atom stereocenters. The van der Waals surface area contributed by atoms with E-state index in [2.05, 4.69) is 24.3 Å². The molecule has 0 fully saturated rings. The molecular formula is C9H15N3O3. The Labute approximate surface area is 88.2 Å². The molecule has 15 heavy (non-hydrogen) atoms. The Morgan fingerprint density at radius 3 is 2.60 bits per heavy atom. The molecule has 0 bridgehead atoms. The highest BCUT2D eigenvalue weighted by atomic mass is 16.9. The number of hydrogen-bond acceptors (Lipinski definition) is 3. The van der Waals surface area contributed by atoms with Crippen molar-refractivity contribution in [2.75, 3.05) is 0 Å². The molecule has 84 valence electrons. The van der Waals surface area contributed by atoms with E-state index in [-0.39, 0.29) is 0 Å². The van der Waals surface area contributed by atoms with E-state index in [1.54, 1.807) is 6.20 Å². The number of nitrogens with zero attached hydrogens (tertiary/aromatic N) is 3. The fourth-order valence-electron chi connectivity index (χ4n) is 0.992. The largest absolute Gasteiger partial charge is 0.356 e. The lowest BCUT2D eigenvalue weighted by molar-refractivity contribution is -0.696. The molecule has 0 aliphatic rings. The summed E-state index contributed by atoms with van der Waals surface area (Å²) in [6.45, 7) is 6.98. The minimum atomic E-state index is -1.75. The van der Waals surface area contributed by atoms with E-state index in [4.69, 9.17) is 15.3 Å². The number of rotatable bonds is 4. The molecule has 0 spiro atoms. The minimum Gasteiger partial charge on any atom is -0.356 e. The van der Waals surface area contributed by atoms with Crippen LogP contribution in [0, 0.1) is 15.3 Å². The molecule has 0 amide bonds. The van der Waals surface area contributed by atoms with Crippen LogP contribution in [-0.2, 0) is 6.54 Å². The molecule has 1 rings (SSSR count). The highest BCUT2D eigenvalue weighted by molar-refractivity contribution is 5.12. The number of hydrogen-bond donors (Lipinski definition) is 0. The van der Waals surface area contributed by atoms with Crippen molar-refractivity contribution in [2.45, 2.75) is 26.3 Å². The zero-order chi connectivity index (χ0) is 11.7. The quantitative estimate of drug-likeness (QED) is 0.431. The second-order valence-corrected chi connectivity index (χ2v) is 2.86. The van der Waals surface area contributed by atoms with Gasteiger partial charge >= 0.3 is 0 Å². The van der Waals surface area contributed by atoms with Gasteiger partial charge < -0.3 is 15.3 Å². The summed E-state index contributed by atoms with van der Waals surface area (Å²) >= 11 is 0. The molecule has 0 saturated heterocycles. The minimum absolute atomic E-state index is 1.11. The van der Waals surface area contributed by atoms with E-state index >= 15 is 0 Å². The van der Waals surface area contributed by atoms with Crippen molar-refractivity contribution in [3.05, 3.63) is 40.6 Å². The summed E-state index contributed by atoms with van der Waals surface area (Å²) in [4.78, 5) is 8.25. The monoisotopic (exact) mass is 213 g/mol. The van der Waals surface area contributed by atoms with Gasteiger partial charge in [0.2, 0.25) is 6.33 Å². The average molecular weight is 213 g/mol. The summed E-state index contributed by atoms with van der Waals surface area (Å²) in [7, 11) is 0. The zero-order valence-corrected chi connectivity index (χ0v) is 8.70. The number of unbranched alkanes of at least 4 members (excludes halogenated alkanes) is 1. The van der Waals surface area contributed by atoms with Crippen LogP contribution in [0.2, 0.25) is 0 Å². The Bertz CT molecular complexity index is 305. The lowest BCUT2D eigenvalue weighted by atomic mass is 10.3. The van der Waals surface area contributed by atoms with Crippen molar-refractivity contribution in [3.63, 3.8) is 0 Å². The average Bonchev–Trinajstić information content (AvgIpc) is 2.61. The maximum atomic E-state index is 8.25. The Morgan fingerprint density at radius 2 is 2.20 bits per heavy atom. The Morgan fingerprint density at radius 1 is 1.60 bits per heavy atom. The smallest absolute Gasteiger partial charge is 0.248 e. The zero-order valence-electron chi connectivity index (χ0n) is 8.70. The molecule has 0 aliphatic carbocycles. The van der Waals surface area contributed by atoms with E-state index < -0.39 is 5.09 Å². The molecule has 6 nitrogen and oxygen atoms in total. The third kappa shape index (κ3) is 7.24. The summed E-state index contributed by atoms with van der Waals surface area (Å²) in [5.41, 5.74) is 0. The van der Waals surface area contributed by atoms with Gasteiger partial charge in [-0.2, -0.15) is 0 Å². The van der Waals surface area contributed by atoms with Gasteiger partial charge in [-0.05, 0) is 6.42 Å². The molecule has 0 aliphatic heterocycles. The predicted molar refractivity (Wildman–Crippen MR) is 56.3 cm³/mol. The second kappa shape index (κ2) is 7.54. The lowest BCUT2D eigenvalue weighted by Crippen LogP contribution is -2.30. The molecule has 1 heterocycles. The van der Waals surface area contributed by atoms with Crippen LogP contribution < -0.4 is 4.57 Å². The van der Waals surface area contributed by atoms with Crippen molar-refractivity contribution in [1.29, 1.82) is 0 Å². The SMILES string of the molecule is C=Cn1cc[n+](CCCC)c1.O=[N+]([O-])[O-]. The topological polar surface area (TPSA) is 75.0 Å². The normalized spacial score (nSPS) is 8.87. The van der Waals surface area contributed by atoms with Crippen LogP contribution >= 0.6 is 0 Å². The first kappa shape index (κ1) is 13.2. The third-order valence-corrected chi connectivity index (χ3v) is 1.69. The van der Waals surface area contributed by atoms with Gasteiger partial charge in [-0.1, -0.05) is 19.9 Å². The third-order valence-electron chi connectivity index (χ3n) is 1.69. The molecular weight excluding hydrogens is 198 g/mol. The van der Waals surface area contributed by atoms with Crippen LogP contribution in [-0.4, -0.2) is 9.65 Å². The van der Waals surface area contributed by atoms with Crippen LogP contribution in [0.5, 0.6) is 0 Å². The maximum absolute atomic E-state index is 8.25. The second-order valence-electron chi connectivity index (χ2n) is 2.86. The van der Waals surface area contributed by atoms with Crippen molar-refractivity contribution in [3.8, 4) is 0 Å². The lowest BCUT2D eigenvalue weighted by Gasteiger charge is -1.90. The van der Waals surface area contributed by atoms with Crippen molar-refractivity contribution < 1.29 is 9.65 Å². The standard InChI is InChI=1S/C9H15N2.NO3/c1-3-5-6-11-8-7-10(4-2)9-11;2-1(3)4/h4,7-9H,2-3,5-6H2,1H3;/q+1;-1. The van der Waals surface area contributed by atoms with E-state index in [9.17, 15) is 0 Å². The molecule has 1 aromatic rings. The van der Waals surface area contributed by atoms with Gasteiger partial charge in [-0.15, -0.1) is 0 Å². The fraction of sp³-hybridized carbons (Fsp3) is 0.444. The van der Waals surface area contributed by atoms with Crippen molar-refractivity contribution in [2.24, 2.45) is 0 Å². The predicted octanol–water partition coefficient (Wildman–Crippen LogP) is 1.44. The summed E-state index contributed by atoms with van der Waals surface area (Å²) in [5.74, 6) is 0. The van der Waals surface area contributed by atoms with E-state index in [1.807, 2.05) is 17.1 Å². The van der Waals surface area contributed by atoms with Crippen LogP contribution in [0.1, 0.15) is 19.8 Å². The van der Waals surface area contributed by atoms with E-state index in [0.717, 1.165) is 6.54 Å². The van der Waals surface area contributed by atoms with Crippen LogP contribution in [0.4, 0.5) is 0 Å². The first-order valence-corrected chi connectivity index (χ1v) is 4.60. The van der Waals surface area contributed by atoms with Gasteiger partial charge in [0.25, 0.3) is 0 Å². The van der Waals surface area contributed by atoms with Gasteiger partial charge in [0.05, 0.1) is 17.8 Å². The Hall–Kier alpha value is -1.85. The fourth-order valence-corrected chi connectivity index (χ4v) is 0.992. The summed E-state index contributed by atoms with van der Waals surface area (Å²) in [6.07, 6.45) is 10.4. The molecule has 0 radical (unpaired) electrons. The van der Waals surface area contributed by atoms with Gasteiger partial charge in [0.1, 0.15) is 12.4 Å². The van der Waals surface area contributed by atoms with Gasteiger partial charge in [-0.3, -0.25) is 0 Å². The van der Waals surface area contributed by atoms with Crippen molar-refractivity contribution in [1.82, 2.24) is 4.57 Å². The summed E-state index contributed by atoms with van der Waals surface area (Å²) in [6, 6.07) is 0. The highest BCUT2D eigenvalue weighted by Crippen LogP contribution is 1.88. The number of aromatic nitrogens is 2. The van der Waals surface area contributed by atoms with E-state index in [1.165, 1.54) is 12.8 Å². The van der Waals surface area contributed by atoms with Gasteiger partial charge in [0, 0.05) is 0 Å². The Balaban J connectivity index is 0.000000423. The Kier molecular flexibility index (Phi) is 6.61. The number of imidazole rings is 1. The first-order valence-electron chi connectivity index (χ1n) is 4.60. The summed E-state index contributed by atoms with van der Waals surface area (Å²) < 4.78 is 4.13.